The molecule has 132 valence electrons. The highest BCUT2D eigenvalue weighted by Crippen LogP contribution is 2.39. The van der Waals surface area contributed by atoms with Gasteiger partial charge >= 0.3 is 5.97 Å². The summed E-state index contributed by atoms with van der Waals surface area (Å²) in [4.78, 5) is 12.9. The zero-order valence-corrected chi connectivity index (χ0v) is 14.8. The first-order chi connectivity index (χ1) is 11.6. The van der Waals surface area contributed by atoms with Gasteiger partial charge in [0.15, 0.2) is 4.75 Å². The van der Waals surface area contributed by atoms with Crippen molar-refractivity contribution in [2.24, 2.45) is 0 Å². The number of sulfonamides is 1. The van der Waals surface area contributed by atoms with Gasteiger partial charge in [0.1, 0.15) is 6.61 Å². The van der Waals surface area contributed by atoms with Gasteiger partial charge in [-0.05, 0) is 31.2 Å². The smallest absolute Gasteiger partial charge is 0.329 e. The van der Waals surface area contributed by atoms with E-state index in [1.165, 1.54) is 4.31 Å². The number of benzene rings is 1. The molecule has 6 heteroatoms. The molecule has 1 aliphatic carbocycles. The van der Waals surface area contributed by atoms with E-state index in [4.69, 9.17) is 4.74 Å². The molecule has 5 nitrogen and oxygen atoms in total. The first-order valence-corrected chi connectivity index (χ1v) is 10.2. The molecule has 0 bridgehead atoms. The fourth-order valence-corrected chi connectivity index (χ4v) is 6.03. The molecule has 2 aliphatic rings. The zero-order valence-electron chi connectivity index (χ0n) is 13.9. The van der Waals surface area contributed by atoms with Gasteiger partial charge in [-0.1, -0.05) is 49.6 Å². The van der Waals surface area contributed by atoms with Crippen LogP contribution in [0, 0.1) is 0 Å². The van der Waals surface area contributed by atoms with Crippen LogP contribution in [0.4, 0.5) is 0 Å². The first kappa shape index (κ1) is 17.4. The maximum atomic E-state index is 13.2. The van der Waals surface area contributed by atoms with Crippen molar-refractivity contribution < 1.29 is 17.9 Å². The quantitative estimate of drug-likeness (QED) is 0.765. The lowest BCUT2D eigenvalue weighted by atomic mass is 9.88. The molecule has 24 heavy (non-hydrogen) atoms. The Morgan fingerprint density at radius 1 is 1.00 bits per heavy atom. The van der Waals surface area contributed by atoms with Crippen LogP contribution in [0.2, 0.25) is 0 Å². The highest BCUT2D eigenvalue weighted by atomic mass is 32.2. The third-order valence-corrected chi connectivity index (χ3v) is 7.75. The third kappa shape index (κ3) is 3.22. The molecule has 3 rings (SSSR count). The summed E-state index contributed by atoms with van der Waals surface area (Å²) in [5, 5.41) is 0. The summed E-state index contributed by atoms with van der Waals surface area (Å²) < 4.78 is 32.0. The molecule has 0 amide bonds. The minimum atomic E-state index is -3.67. The Bertz CT molecular complexity index is 660. The summed E-state index contributed by atoms with van der Waals surface area (Å²) in [6, 6.07) is 9.39. The summed E-state index contributed by atoms with van der Waals surface area (Å²) in [5.74, 6) is -0.571. The van der Waals surface area contributed by atoms with Gasteiger partial charge in [-0.15, -0.1) is 0 Å². The van der Waals surface area contributed by atoms with Crippen molar-refractivity contribution in [3.63, 3.8) is 0 Å². The van der Waals surface area contributed by atoms with E-state index in [2.05, 4.69) is 0 Å². The first-order valence-electron chi connectivity index (χ1n) is 8.77. The summed E-state index contributed by atoms with van der Waals surface area (Å²) in [6.07, 6.45) is 4.98. The van der Waals surface area contributed by atoms with Gasteiger partial charge in [0.25, 0.3) is 0 Å². The Morgan fingerprint density at radius 3 is 2.25 bits per heavy atom. The van der Waals surface area contributed by atoms with Crippen molar-refractivity contribution in [3.8, 4) is 0 Å². The van der Waals surface area contributed by atoms with Crippen LogP contribution in [0.15, 0.2) is 30.3 Å². The maximum Gasteiger partial charge on any atom is 0.329 e. The normalized spacial score (nSPS) is 21.5. The van der Waals surface area contributed by atoms with E-state index in [1.54, 1.807) is 0 Å². The maximum absolute atomic E-state index is 13.2. The summed E-state index contributed by atoms with van der Waals surface area (Å²) in [5.41, 5.74) is 0.871. The van der Waals surface area contributed by atoms with Crippen LogP contribution >= 0.6 is 0 Å². The van der Waals surface area contributed by atoms with Crippen LogP contribution < -0.4 is 0 Å². The molecule has 1 aliphatic heterocycles. The fourth-order valence-electron chi connectivity index (χ4n) is 3.72. The van der Waals surface area contributed by atoms with Crippen LogP contribution in [0.25, 0.3) is 0 Å². The molecule has 1 aromatic carbocycles. The lowest BCUT2D eigenvalue weighted by Gasteiger charge is -2.37. The number of nitrogens with zero attached hydrogens (tertiary/aromatic N) is 1. The number of rotatable bonds is 5. The molecule has 0 N–H and O–H groups in total. The Morgan fingerprint density at radius 2 is 1.62 bits per heavy atom. The van der Waals surface area contributed by atoms with Gasteiger partial charge in [0.2, 0.25) is 10.0 Å². The Balaban J connectivity index is 1.81. The van der Waals surface area contributed by atoms with Crippen LogP contribution in [-0.2, 0) is 26.2 Å². The Kier molecular flexibility index (Phi) is 5.25. The van der Waals surface area contributed by atoms with Crippen LogP contribution in [0.3, 0.4) is 0 Å². The third-order valence-electron chi connectivity index (χ3n) is 5.14. The van der Waals surface area contributed by atoms with E-state index < -0.39 is 20.7 Å². The molecule has 0 radical (unpaired) electrons. The largest absolute Gasteiger partial charge is 0.460 e. The monoisotopic (exact) mass is 351 g/mol. The lowest BCUT2D eigenvalue weighted by Crippen LogP contribution is -2.54. The van der Waals surface area contributed by atoms with Gasteiger partial charge in [-0.3, -0.25) is 4.79 Å². The van der Waals surface area contributed by atoms with Gasteiger partial charge < -0.3 is 4.74 Å². The highest BCUT2D eigenvalue weighted by molar-refractivity contribution is 7.91. The van der Waals surface area contributed by atoms with E-state index >= 15 is 0 Å². The van der Waals surface area contributed by atoms with E-state index in [0.717, 1.165) is 37.7 Å². The van der Waals surface area contributed by atoms with E-state index in [1.807, 2.05) is 30.3 Å². The predicted molar refractivity (Wildman–Crippen MR) is 91.8 cm³/mol. The van der Waals surface area contributed by atoms with Gasteiger partial charge in [0, 0.05) is 13.1 Å². The standard InChI is InChI=1S/C18H25NO4S/c20-17(23-15-16-9-3-1-4-10-16)18(11-5-2-6-12-18)24(21,22)19-13-7-8-14-19/h1,3-4,9-10H,2,5-8,11-15H2. The molecule has 1 heterocycles. The van der Waals surface area contributed by atoms with Gasteiger partial charge in [0.05, 0.1) is 0 Å². The SMILES string of the molecule is O=C(OCc1ccccc1)C1(S(=O)(=O)N2CCCC2)CCCCC1. The average Bonchev–Trinajstić information content (AvgIpc) is 3.16. The number of esters is 1. The summed E-state index contributed by atoms with van der Waals surface area (Å²) in [6.45, 7) is 1.17. The second-order valence-electron chi connectivity index (χ2n) is 6.73. The van der Waals surface area contributed by atoms with Gasteiger partial charge in [-0.2, -0.15) is 0 Å². The van der Waals surface area contributed by atoms with E-state index in [0.29, 0.717) is 25.9 Å². The Hall–Kier alpha value is -1.40. The second-order valence-corrected chi connectivity index (χ2v) is 8.98. The van der Waals surface area contributed by atoms with Crippen molar-refractivity contribution in [1.82, 2.24) is 4.31 Å². The minimum absolute atomic E-state index is 0.122. The predicted octanol–water partition coefficient (Wildman–Crippen LogP) is 2.86. The molecule has 0 aromatic heterocycles. The number of carbonyl (C=O) groups is 1. The van der Waals surface area contributed by atoms with E-state index in [9.17, 15) is 13.2 Å². The summed E-state index contributed by atoms with van der Waals surface area (Å²) in [7, 11) is -3.67. The van der Waals surface area contributed by atoms with Crippen molar-refractivity contribution in [1.29, 1.82) is 0 Å². The molecule has 1 saturated heterocycles. The number of hydrogen-bond donors (Lipinski definition) is 0. The highest BCUT2D eigenvalue weighted by Gasteiger charge is 2.55. The molecular weight excluding hydrogens is 326 g/mol. The van der Waals surface area contributed by atoms with Crippen molar-refractivity contribution in [2.45, 2.75) is 56.3 Å². The zero-order chi connectivity index (χ0) is 17.0. The molecule has 0 spiro atoms. The van der Waals surface area contributed by atoms with Gasteiger partial charge in [-0.25, -0.2) is 12.7 Å². The molecular formula is C18H25NO4S. The average molecular weight is 351 g/mol. The lowest BCUT2D eigenvalue weighted by molar-refractivity contribution is -0.149. The number of hydrogen-bond acceptors (Lipinski definition) is 4. The minimum Gasteiger partial charge on any atom is -0.460 e. The van der Waals surface area contributed by atoms with Crippen molar-refractivity contribution in [3.05, 3.63) is 35.9 Å². The van der Waals surface area contributed by atoms with Crippen LogP contribution in [-0.4, -0.2) is 36.5 Å². The fraction of sp³-hybridized carbons (Fsp3) is 0.611. The Labute approximate surface area is 144 Å². The molecule has 1 saturated carbocycles. The summed E-state index contributed by atoms with van der Waals surface area (Å²) >= 11 is 0. The number of carbonyl (C=O) groups excluding carboxylic acids is 1. The molecule has 1 aromatic rings. The van der Waals surface area contributed by atoms with Crippen LogP contribution in [0.5, 0.6) is 0 Å². The van der Waals surface area contributed by atoms with Crippen molar-refractivity contribution >= 4 is 16.0 Å². The van der Waals surface area contributed by atoms with Crippen molar-refractivity contribution in [2.75, 3.05) is 13.1 Å². The topological polar surface area (TPSA) is 63.7 Å². The molecule has 0 atom stereocenters. The molecule has 0 unspecified atom stereocenters. The van der Waals surface area contributed by atoms with Crippen LogP contribution in [0.1, 0.15) is 50.5 Å². The second kappa shape index (κ2) is 7.23. The number of ether oxygens (including phenoxy) is 1. The molecule has 2 fully saturated rings. The van der Waals surface area contributed by atoms with E-state index in [-0.39, 0.29) is 6.61 Å².